The topological polar surface area (TPSA) is 65.0 Å². The SMILES string of the molecule is CC(C)(C)Oc1c(B2OC(C)(C)C(C)(C)O2)cccc1C(=O)O. The molecule has 2 rings (SSSR count). The van der Waals surface area contributed by atoms with E-state index in [9.17, 15) is 9.90 Å². The number of ether oxygens (including phenoxy) is 1. The number of aromatic carboxylic acids is 1. The highest BCUT2D eigenvalue weighted by Crippen LogP contribution is 2.37. The Bertz CT molecular complexity index is 600. The average molecular weight is 320 g/mol. The number of benzene rings is 1. The van der Waals surface area contributed by atoms with Crippen LogP contribution in [0.1, 0.15) is 58.8 Å². The quantitative estimate of drug-likeness (QED) is 0.868. The van der Waals surface area contributed by atoms with Gasteiger partial charge >= 0.3 is 13.1 Å². The van der Waals surface area contributed by atoms with E-state index in [1.807, 2.05) is 48.5 Å². The molecule has 6 heteroatoms. The van der Waals surface area contributed by atoms with Gasteiger partial charge in [-0.25, -0.2) is 4.79 Å². The molecule has 126 valence electrons. The van der Waals surface area contributed by atoms with E-state index in [1.54, 1.807) is 12.1 Å². The Kier molecular flexibility index (Phi) is 4.28. The van der Waals surface area contributed by atoms with Crippen molar-refractivity contribution in [3.63, 3.8) is 0 Å². The molecule has 1 heterocycles. The van der Waals surface area contributed by atoms with E-state index in [0.29, 0.717) is 11.2 Å². The summed E-state index contributed by atoms with van der Waals surface area (Å²) in [6, 6.07) is 4.99. The van der Waals surface area contributed by atoms with Crippen molar-refractivity contribution in [2.75, 3.05) is 0 Å². The second-order valence-corrected chi connectivity index (χ2v) is 7.83. The zero-order valence-electron chi connectivity index (χ0n) is 14.9. The number of carbonyl (C=O) groups is 1. The monoisotopic (exact) mass is 320 g/mol. The predicted molar refractivity (Wildman–Crippen MR) is 89.5 cm³/mol. The van der Waals surface area contributed by atoms with Gasteiger partial charge in [-0.3, -0.25) is 0 Å². The van der Waals surface area contributed by atoms with Crippen LogP contribution in [0.4, 0.5) is 0 Å². The third kappa shape index (κ3) is 3.53. The van der Waals surface area contributed by atoms with Gasteiger partial charge in [0.25, 0.3) is 0 Å². The molecule has 0 aromatic heterocycles. The lowest BCUT2D eigenvalue weighted by molar-refractivity contribution is 0.00578. The Labute approximate surface area is 138 Å². The van der Waals surface area contributed by atoms with Gasteiger partial charge in [0.1, 0.15) is 16.9 Å². The summed E-state index contributed by atoms with van der Waals surface area (Å²) in [7, 11) is -0.670. The maximum absolute atomic E-state index is 11.6. The molecular weight excluding hydrogens is 295 g/mol. The van der Waals surface area contributed by atoms with Crippen molar-refractivity contribution in [2.24, 2.45) is 0 Å². The van der Waals surface area contributed by atoms with E-state index in [2.05, 4.69) is 0 Å². The second kappa shape index (κ2) is 5.53. The first-order valence-electron chi connectivity index (χ1n) is 7.75. The van der Waals surface area contributed by atoms with Crippen LogP contribution in [0.15, 0.2) is 18.2 Å². The minimum Gasteiger partial charge on any atom is -0.488 e. The van der Waals surface area contributed by atoms with E-state index in [0.717, 1.165) is 0 Å². The van der Waals surface area contributed by atoms with Gasteiger partial charge in [0.15, 0.2) is 0 Å². The molecular formula is C17H25BO5. The van der Waals surface area contributed by atoms with Crippen LogP contribution in [-0.2, 0) is 9.31 Å². The molecule has 23 heavy (non-hydrogen) atoms. The van der Waals surface area contributed by atoms with Crippen molar-refractivity contribution in [1.82, 2.24) is 0 Å². The van der Waals surface area contributed by atoms with Crippen molar-refractivity contribution in [3.8, 4) is 5.75 Å². The van der Waals surface area contributed by atoms with Gasteiger partial charge < -0.3 is 19.2 Å². The standard InChI is InChI=1S/C17H25BO5/c1-15(2,3)21-13-11(14(19)20)9-8-10-12(13)18-22-16(4,5)17(6,7)23-18/h8-10H,1-7H3,(H,19,20). The van der Waals surface area contributed by atoms with E-state index in [4.69, 9.17) is 14.0 Å². The fourth-order valence-corrected chi connectivity index (χ4v) is 2.30. The van der Waals surface area contributed by atoms with Crippen LogP contribution in [0.25, 0.3) is 0 Å². The van der Waals surface area contributed by atoms with E-state index < -0.39 is 29.9 Å². The molecule has 1 N–H and O–H groups in total. The third-order valence-corrected chi connectivity index (χ3v) is 4.19. The lowest BCUT2D eigenvalue weighted by Gasteiger charge is -2.32. The minimum atomic E-state index is -1.04. The van der Waals surface area contributed by atoms with Gasteiger partial charge in [-0.05, 0) is 54.5 Å². The molecule has 0 bridgehead atoms. The number of carboxylic acids is 1. The Morgan fingerprint density at radius 1 is 1.13 bits per heavy atom. The number of para-hydroxylation sites is 1. The highest BCUT2D eigenvalue weighted by atomic mass is 16.7. The van der Waals surface area contributed by atoms with Gasteiger partial charge in [0, 0.05) is 5.46 Å². The molecule has 0 amide bonds. The largest absolute Gasteiger partial charge is 0.498 e. The highest BCUT2D eigenvalue weighted by Gasteiger charge is 2.52. The van der Waals surface area contributed by atoms with Crippen LogP contribution >= 0.6 is 0 Å². The Morgan fingerprint density at radius 3 is 2.09 bits per heavy atom. The molecule has 1 fully saturated rings. The molecule has 0 unspecified atom stereocenters. The molecule has 0 radical (unpaired) electrons. The van der Waals surface area contributed by atoms with Crippen LogP contribution in [0.5, 0.6) is 5.75 Å². The number of carboxylic acid groups (broad SMARTS) is 1. The van der Waals surface area contributed by atoms with Gasteiger partial charge in [-0.2, -0.15) is 0 Å². The molecule has 1 saturated heterocycles. The summed E-state index contributed by atoms with van der Waals surface area (Å²) >= 11 is 0. The molecule has 0 saturated carbocycles. The van der Waals surface area contributed by atoms with Crippen molar-refractivity contribution in [3.05, 3.63) is 23.8 Å². The summed E-state index contributed by atoms with van der Waals surface area (Å²) in [5.74, 6) is -0.742. The fraction of sp³-hybridized carbons (Fsp3) is 0.588. The Balaban J connectivity index is 2.51. The molecule has 1 aromatic carbocycles. The number of hydrogen-bond acceptors (Lipinski definition) is 4. The Morgan fingerprint density at radius 2 is 1.65 bits per heavy atom. The molecule has 0 atom stereocenters. The van der Waals surface area contributed by atoms with Crippen molar-refractivity contribution in [1.29, 1.82) is 0 Å². The van der Waals surface area contributed by atoms with E-state index in [-0.39, 0.29) is 5.56 Å². The second-order valence-electron chi connectivity index (χ2n) is 7.83. The normalized spacial score (nSPS) is 19.7. The lowest BCUT2D eigenvalue weighted by atomic mass is 9.77. The molecule has 1 aliphatic rings. The summed E-state index contributed by atoms with van der Waals surface area (Å²) in [5, 5.41) is 9.47. The lowest BCUT2D eigenvalue weighted by Crippen LogP contribution is -2.41. The van der Waals surface area contributed by atoms with Gasteiger partial charge in [-0.15, -0.1) is 0 Å². The zero-order valence-corrected chi connectivity index (χ0v) is 14.9. The molecule has 1 aliphatic heterocycles. The average Bonchev–Trinajstić information content (AvgIpc) is 2.56. The first-order valence-corrected chi connectivity index (χ1v) is 7.75. The summed E-state index contributed by atoms with van der Waals surface area (Å²) in [5.41, 5.74) is -0.846. The molecule has 1 aromatic rings. The van der Waals surface area contributed by atoms with Crippen molar-refractivity contribution >= 4 is 18.6 Å². The highest BCUT2D eigenvalue weighted by molar-refractivity contribution is 6.63. The maximum Gasteiger partial charge on any atom is 0.498 e. The van der Waals surface area contributed by atoms with Gasteiger partial charge in [0.2, 0.25) is 0 Å². The molecule has 0 aliphatic carbocycles. The van der Waals surface area contributed by atoms with Gasteiger partial charge in [-0.1, -0.05) is 12.1 Å². The Hall–Kier alpha value is -1.53. The van der Waals surface area contributed by atoms with Crippen molar-refractivity contribution < 1.29 is 23.9 Å². The summed E-state index contributed by atoms with van der Waals surface area (Å²) in [4.78, 5) is 11.6. The third-order valence-electron chi connectivity index (χ3n) is 4.19. The first kappa shape index (κ1) is 17.8. The van der Waals surface area contributed by atoms with Crippen molar-refractivity contribution in [2.45, 2.75) is 65.3 Å². The summed E-state index contributed by atoms with van der Waals surface area (Å²) < 4.78 is 18.0. The minimum absolute atomic E-state index is 0.104. The number of rotatable bonds is 3. The van der Waals surface area contributed by atoms with Crippen LogP contribution in [-0.4, -0.2) is 35.0 Å². The summed E-state index contributed by atoms with van der Waals surface area (Å²) in [6.07, 6.45) is 0. The predicted octanol–water partition coefficient (Wildman–Crippen LogP) is 2.86. The van der Waals surface area contributed by atoms with E-state index in [1.165, 1.54) is 6.07 Å². The van der Waals surface area contributed by atoms with E-state index >= 15 is 0 Å². The summed E-state index contributed by atoms with van der Waals surface area (Å²) in [6.45, 7) is 13.5. The number of hydrogen-bond donors (Lipinski definition) is 1. The van der Waals surface area contributed by atoms with Gasteiger partial charge in [0.05, 0.1) is 11.2 Å². The molecule has 0 spiro atoms. The maximum atomic E-state index is 11.6. The van der Waals surface area contributed by atoms with Crippen LogP contribution in [0, 0.1) is 0 Å². The fourth-order valence-electron chi connectivity index (χ4n) is 2.30. The van der Waals surface area contributed by atoms with Crippen LogP contribution in [0.3, 0.4) is 0 Å². The van der Waals surface area contributed by atoms with Crippen LogP contribution < -0.4 is 10.2 Å². The smallest absolute Gasteiger partial charge is 0.488 e. The first-order chi connectivity index (χ1) is 10.3. The molecule has 5 nitrogen and oxygen atoms in total. The zero-order chi connectivity index (χ0) is 17.6. The van der Waals surface area contributed by atoms with Crippen LogP contribution in [0.2, 0.25) is 0 Å².